The predicted molar refractivity (Wildman–Crippen MR) is 91.1 cm³/mol. The third kappa shape index (κ3) is 4.40. The van der Waals surface area contributed by atoms with E-state index >= 15 is 0 Å². The molecule has 1 aromatic rings. The van der Waals surface area contributed by atoms with Gasteiger partial charge in [0.15, 0.2) is 11.5 Å². The second-order valence-electron chi connectivity index (χ2n) is 5.95. The van der Waals surface area contributed by atoms with Crippen molar-refractivity contribution in [1.82, 2.24) is 10.6 Å². The highest BCUT2D eigenvalue weighted by atomic mass is 16.5. The minimum Gasteiger partial charge on any atom is -0.493 e. The first-order chi connectivity index (χ1) is 11.6. The number of para-hydroxylation sites is 2. The van der Waals surface area contributed by atoms with Crippen LogP contribution >= 0.6 is 0 Å². The molecule has 1 fully saturated rings. The molecular formula is C18H26N2O4. The molecule has 0 spiro atoms. The highest BCUT2D eigenvalue weighted by Crippen LogP contribution is 2.26. The summed E-state index contributed by atoms with van der Waals surface area (Å²) >= 11 is 0. The molecule has 6 nitrogen and oxygen atoms in total. The van der Waals surface area contributed by atoms with Crippen LogP contribution in [0.3, 0.4) is 0 Å². The minimum absolute atomic E-state index is 0.0465. The third-order valence-electron chi connectivity index (χ3n) is 4.39. The summed E-state index contributed by atoms with van der Waals surface area (Å²) in [6.07, 6.45) is 3.45. The summed E-state index contributed by atoms with van der Waals surface area (Å²) in [5.74, 6) is 1.12. The van der Waals surface area contributed by atoms with Crippen LogP contribution in [0.25, 0.3) is 0 Å². The fourth-order valence-electron chi connectivity index (χ4n) is 2.93. The molecule has 1 atom stereocenters. The zero-order valence-electron chi connectivity index (χ0n) is 14.4. The second kappa shape index (κ2) is 8.57. The maximum Gasteiger partial charge on any atom is 0.245 e. The Morgan fingerprint density at radius 3 is 2.75 bits per heavy atom. The molecule has 0 radical (unpaired) electrons. The average Bonchev–Trinajstić information content (AvgIpc) is 2.81. The summed E-state index contributed by atoms with van der Waals surface area (Å²) in [4.78, 5) is 24.4. The highest BCUT2D eigenvalue weighted by molar-refractivity contribution is 5.91. The maximum atomic E-state index is 12.6. The van der Waals surface area contributed by atoms with Crippen molar-refractivity contribution in [3.05, 3.63) is 24.3 Å². The number of rotatable bonds is 7. The molecule has 0 saturated carbocycles. The average molecular weight is 334 g/mol. The molecule has 132 valence electrons. The van der Waals surface area contributed by atoms with Crippen molar-refractivity contribution in [3.8, 4) is 11.5 Å². The summed E-state index contributed by atoms with van der Waals surface area (Å²) < 4.78 is 10.9. The van der Waals surface area contributed by atoms with Crippen LogP contribution in [-0.2, 0) is 9.59 Å². The molecule has 1 aromatic carbocycles. The Labute approximate surface area is 142 Å². The fourth-order valence-corrected chi connectivity index (χ4v) is 2.93. The molecule has 0 aliphatic carbocycles. The lowest BCUT2D eigenvalue weighted by atomic mass is 9.89. The first-order valence-corrected chi connectivity index (χ1v) is 8.46. The molecular weight excluding hydrogens is 308 g/mol. The Kier molecular flexibility index (Phi) is 6.46. The van der Waals surface area contributed by atoms with Crippen molar-refractivity contribution < 1.29 is 19.1 Å². The second-order valence-corrected chi connectivity index (χ2v) is 5.95. The van der Waals surface area contributed by atoms with Crippen LogP contribution in [0.5, 0.6) is 11.5 Å². The van der Waals surface area contributed by atoms with Crippen LogP contribution in [0.1, 0.15) is 39.0 Å². The van der Waals surface area contributed by atoms with Gasteiger partial charge in [-0.3, -0.25) is 9.59 Å². The largest absolute Gasteiger partial charge is 0.493 e. The third-order valence-corrected chi connectivity index (χ3v) is 4.39. The van der Waals surface area contributed by atoms with Crippen LogP contribution in [0.15, 0.2) is 24.3 Å². The van der Waals surface area contributed by atoms with Gasteiger partial charge in [0.05, 0.1) is 13.7 Å². The van der Waals surface area contributed by atoms with Gasteiger partial charge >= 0.3 is 0 Å². The lowest BCUT2D eigenvalue weighted by molar-refractivity contribution is -0.133. The number of hydrogen-bond acceptors (Lipinski definition) is 4. The van der Waals surface area contributed by atoms with Gasteiger partial charge in [-0.2, -0.15) is 0 Å². The lowest BCUT2D eigenvalue weighted by Gasteiger charge is -2.31. The van der Waals surface area contributed by atoms with Crippen LogP contribution < -0.4 is 20.1 Å². The quantitative estimate of drug-likeness (QED) is 0.748. The van der Waals surface area contributed by atoms with Crippen molar-refractivity contribution in [2.45, 2.75) is 44.6 Å². The zero-order valence-corrected chi connectivity index (χ0v) is 14.4. The Bertz CT molecular complexity index is 576. The van der Waals surface area contributed by atoms with Crippen molar-refractivity contribution in [2.24, 2.45) is 0 Å². The Morgan fingerprint density at radius 1 is 1.29 bits per heavy atom. The van der Waals surface area contributed by atoms with E-state index in [-0.39, 0.29) is 11.8 Å². The molecule has 1 aliphatic heterocycles. The number of ether oxygens (including phenoxy) is 2. The van der Waals surface area contributed by atoms with Gasteiger partial charge in [-0.05, 0) is 31.4 Å². The molecule has 1 aliphatic rings. The summed E-state index contributed by atoms with van der Waals surface area (Å²) in [6.45, 7) is 2.63. The van der Waals surface area contributed by atoms with E-state index in [2.05, 4.69) is 10.6 Å². The molecule has 2 amide bonds. The Morgan fingerprint density at radius 2 is 2.04 bits per heavy atom. The molecule has 2 N–H and O–H groups in total. The summed E-state index contributed by atoms with van der Waals surface area (Å²) in [5.41, 5.74) is -0.794. The van der Waals surface area contributed by atoms with Gasteiger partial charge in [-0.1, -0.05) is 25.5 Å². The number of hydrogen-bond donors (Lipinski definition) is 2. The van der Waals surface area contributed by atoms with Crippen molar-refractivity contribution in [3.63, 3.8) is 0 Å². The maximum absolute atomic E-state index is 12.6. The first kappa shape index (κ1) is 18.1. The Hall–Kier alpha value is -2.24. The number of carbonyl (C=O) groups is 2. The lowest BCUT2D eigenvalue weighted by Crippen LogP contribution is -2.58. The molecule has 1 heterocycles. The monoisotopic (exact) mass is 334 g/mol. The van der Waals surface area contributed by atoms with Gasteiger partial charge in [-0.15, -0.1) is 0 Å². The predicted octanol–water partition coefficient (Wildman–Crippen LogP) is 2.03. The summed E-state index contributed by atoms with van der Waals surface area (Å²) in [6, 6.07) is 7.37. The van der Waals surface area contributed by atoms with Gasteiger partial charge < -0.3 is 20.1 Å². The molecule has 1 saturated heterocycles. The molecule has 0 aromatic heterocycles. The molecule has 6 heteroatoms. The van der Waals surface area contributed by atoms with E-state index in [1.807, 2.05) is 31.2 Å². The molecule has 2 rings (SSSR count). The van der Waals surface area contributed by atoms with E-state index in [1.165, 1.54) is 0 Å². The standard InChI is InChI=1S/C18H26N2O4/c1-3-18(11-7-6-10-16(21)20-18)17(22)19-12-13-24-15-9-5-4-8-14(15)23-2/h4-5,8-9H,3,6-7,10-13H2,1-2H3,(H,19,22)(H,20,21). The van der Waals surface area contributed by atoms with E-state index in [0.29, 0.717) is 43.9 Å². The number of methoxy groups -OCH3 is 1. The molecule has 1 unspecified atom stereocenters. The van der Waals surface area contributed by atoms with Gasteiger partial charge in [0.25, 0.3) is 0 Å². The highest BCUT2D eigenvalue weighted by Gasteiger charge is 2.38. The summed E-state index contributed by atoms with van der Waals surface area (Å²) in [7, 11) is 1.59. The number of amides is 2. The van der Waals surface area contributed by atoms with E-state index in [1.54, 1.807) is 7.11 Å². The Balaban J connectivity index is 1.86. The van der Waals surface area contributed by atoms with Gasteiger partial charge in [0.2, 0.25) is 11.8 Å². The topological polar surface area (TPSA) is 76.7 Å². The summed E-state index contributed by atoms with van der Waals surface area (Å²) in [5, 5.41) is 5.79. The van der Waals surface area contributed by atoms with E-state index in [0.717, 1.165) is 12.8 Å². The van der Waals surface area contributed by atoms with E-state index < -0.39 is 5.54 Å². The van der Waals surface area contributed by atoms with Gasteiger partial charge in [0.1, 0.15) is 12.1 Å². The van der Waals surface area contributed by atoms with Gasteiger partial charge in [0, 0.05) is 6.42 Å². The van der Waals surface area contributed by atoms with Crippen LogP contribution in [0.4, 0.5) is 0 Å². The van der Waals surface area contributed by atoms with Gasteiger partial charge in [-0.25, -0.2) is 0 Å². The van der Waals surface area contributed by atoms with Crippen molar-refractivity contribution in [2.75, 3.05) is 20.3 Å². The van der Waals surface area contributed by atoms with Crippen molar-refractivity contribution >= 4 is 11.8 Å². The molecule has 24 heavy (non-hydrogen) atoms. The van der Waals surface area contributed by atoms with Crippen LogP contribution in [0, 0.1) is 0 Å². The van der Waals surface area contributed by atoms with E-state index in [4.69, 9.17) is 9.47 Å². The van der Waals surface area contributed by atoms with E-state index in [9.17, 15) is 9.59 Å². The normalized spacial score (nSPS) is 20.7. The number of nitrogens with one attached hydrogen (secondary N) is 2. The fraction of sp³-hybridized carbons (Fsp3) is 0.556. The van der Waals surface area contributed by atoms with Crippen LogP contribution in [-0.4, -0.2) is 37.6 Å². The number of carbonyl (C=O) groups excluding carboxylic acids is 2. The zero-order chi connectivity index (χ0) is 17.4. The smallest absolute Gasteiger partial charge is 0.245 e. The SMILES string of the molecule is CCC1(C(=O)NCCOc2ccccc2OC)CCCCC(=O)N1. The molecule has 0 bridgehead atoms. The first-order valence-electron chi connectivity index (χ1n) is 8.46. The van der Waals surface area contributed by atoms with Crippen molar-refractivity contribution in [1.29, 1.82) is 0 Å². The minimum atomic E-state index is -0.794. The number of benzene rings is 1. The van der Waals surface area contributed by atoms with Crippen LogP contribution in [0.2, 0.25) is 0 Å².